The number of aryl methyl sites for hydroxylation is 1. The molecule has 1 unspecified atom stereocenters. The van der Waals surface area contributed by atoms with E-state index >= 15 is 0 Å². The number of benzene rings is 2. The van der Waals surface area contributed by atoms with Gasteiger partial charge in [-0.1, -0.05) is 54.6 Å². The zero-order chi connectivity index (χ0) is 14.5. The van der Waals surface area contributed by atoms with Crippen molar-refractivity contribution in [3.63, 3.8) is 0 Å². The number of thiophene rings is 1. The summed E-state index contributed by atoms with van der Waals surface area (Å²) in [5.41, 5.74) is 4.69. The topological polar surface area (TPSA) is 20.2 Å². The van der Waals surface area contributed by atoms with Crippen molar-refractivity contribution in [2.75, 3.05) is 0 Å². The van der Waals surface area contributed by atoms with Gasteiger partial charge in [0.2, 0.25) is 0 Å². The van der Waals surface area contributed by atoms with Gasteiger partial charge in [0, 0.05) is 0 Å². The molecule has 21 heavy (non-hydrogen) atoms. The molecule has 0 saturated carbocycles. The Morgan fingerprint density at radius 1 is 0.857 bits per heavy atom. The smallest absolute Gasteiger partial charge is 0.0793 e. The molecule has 2 aromatic carbocycles. The van der Waals surface area contributed by atoms with E-state index < -0.39 is 6.10 Å². The molecule has 2 heteroatoms. The molecule has 0 saturated heterocycles. The minimum atomic E-state index is -0.394. The van der Waals surface area contributed by atoms with Gasteiger partial charge in [-0.05, 0) is 51.9 Å². The summed E-state index contributed by atoms with van der Waals surface area (Å²) >= 11 is 1.71. The summed E-state index contributed by atoms with van der Waals surface area (Å²) < 4.78 is 0. The van der Waals surface area contributed by atoms with Crippen molar-refractivity contribution in [2.45, 2.75) is 18.9 Å². The Kier molecular flexibility index (Phi) is 4.49. The maximum atomic E-state index is 10.3. The van der Waals surface area contributed by atoms with E-state index in [0.29, 0.717) is 0 Å². The van der Waals surface area contributed by atoms with Crippen molar-refractivity contribution in [1.82, 2.24) is 0 Å². The van der Waals surface area contributed by atoms with Crippen LogP contribution in [0.4, 0.5) is 0 Å². The minimum Gasteiger partial charge on any atom is -0.388 e. The molecule has 0 fully saturated rings. The molecular weight excluding hydrogens is 276 g/mol. The van der Waals surface area contributed by atoms with E-state index in [9.17, 15) is 5.11 Å². The van der Waals surface area contributed by atoms with Gasteiger partial charge in [0.1, 0.15) is 0 Å². The van der Waals surface area contributed by atoms with Crippen LogP contribution in [0.15, 0.2) is 71.4 Å². The van der Waals surface area contributed by atoms with Crippen molar-refractivity contribution < 1.29 is 5.11 Å². The molecular formula is C19H18OS. The first-order valence-electron chi connectivity index (χ1n) is 7.17. The second kappa shape index (κ2) is 6.70. The van der Waals surface area contributed by atoms with Crippen LogP contribution >= 0.6 is 11.3 Å². The average Bonchev–Trinajstić information content (AvgIpc) is 3.07. The molecule has 0 spiro atoms. The maximum Gasteiger partial charge on any atom is 0.0793 e. The third-order valence-corrected chi connectivity index (χ3v) is 4.42. The molecule has 0 aliphatic rings. The first-order chi connectivity index (χ1) is 10.3. The molecule has 0 aliphatic heterocycles. The van der Waals surface area contributed by atoms with Gasteiger partial charge in [-0.25, -0.2) is 0 Å². The van der Waals surface area contributed by atoms with Gasteiger partial charge in [0.25, 0.3) is 0 Å². The van der Waals surface area contributed by atoms with Gasteiger partial charge >= 0.3 is 0 Å². The fraction of sp³-hybridized carbons (Fsp3) is 0.158. The Morgan fingerprint density at radius 3 is 2.24 bits per heavy atom. The monoisotopic (exact) mass is 294 g/mol. The predicted molar refractivity (Wildman–Crippen MR) is 89.5 cm³/mol. The highest BCUT2D eigenvalue weighted by atomic mass is 32.1. The van der Waals surface area contributed by atoms with Crippen LogP contribution in [0.5, 0.6) is 0 Å². The van der Waals surface area contributed by atoms with Crippen LogP contribution in [0.25, 0.3) is 11.1 Å². The van der Waals surface area contributed by atoms with E-state index in [1.54, 1.807) is 11.3 Å². The highest BCUT2D eigenvalue weighted by Crippen LogP contribution is 2.24. The highest BCUT2D eigenvalue weighted by molar-refractivity contribution is 7.07. The maximum absolute atomic E-state index is 10.3. The largest absolute Gasteiger partial charge is 0.388 e. The molecule has 3 rings (SSSR count). The van der Waals surface area contributed by atoms with Crippen LogP contribution in [0, 0.1) is 0 Å². The molecule has 1 N–H and O–H groups in total. The van der Waals surface area contributed by atoms with Crippen LogP contribution in [-0.4, -0.2) is 5.11 Å². The summed E-state index contributed by atoms with van der Waals surface area (Å²) in [4.78, 5) is 0. The lowest BCUT2D eigenvalue weighted by atomic mass is 9.99. The van der Waals surface area contributed by atoms with Crippen molar-refractivity contribution in [1.29, 1.82) is 0 Å². The summed E-state index contributed by atoms with van der Waals surface area (Å²) in [5, 5.41) is 14.5. The number of hydrogen-bond donors (Lipinski definition) is 1. The quantitative estimate of drug-likeness (QED) is 0.695. The molecule has 0 aliphatic carbocycles. The summed E-state index contributed by atoms with van der Waals surface area (Å²) in [6.45, 7) is 0. The predicted octanol–water partition coefficient (Wildman–Crippen LogP) is 5.08. The number of aliphatic hydroxyl groups is 1. The minimum absolute atomic E-state index is 0.394. The SMILES string of the molecule is OC(CCc1ccsc1)c1ccc(-c2ccccc2)cc1. The molecule has 106 valence electrons. The van der Waals surface area contributed by atoms with Gasteiger partial charge < -0.3 is 5.11 Å². The van der Waals surface area contributed by atoms with Gasteiger partial charge in [0.05, 0.1) is 6.10 Å². The molecule has 0 amide bonds. The lowest BCUT2D eigenvalue weighted by Crippen LogP contribution is -1.99. The van der Waals surface area contributed by atoms with E-state index in [1.165, 1.54) is 16.7 Å². The van der Waals surface area contributed by atoms with E-state index in [4.69, 9.17) is 0 Å². The van der Waals surface area contributed by atoms with Crippen LogP contribution in [-0.2, 0) is 6.42 Å². The molecule has 1 heterocycles. The fourth-order valence-electron chi connectivity index (χ4n) is 2.43. The van der Waals surface area contributed by atoms with Gasteiger partial charge in [-0.2, -0.15) is 11.3 Å². The second-order valence-electron chi connectivity index (χ2n) is 5.17. The van der Waals surface area contributed by atoms with Gasteiger partial charge in [-0.3, -0.25) is 0 Å². The Hall–Kier alpha value is -1.90. The summed E-state index contributed by atoms with van der Waals surface area (Å²) in [6, 6.07) is 20.6. The highest BCUT2D eigenvalue weighted by Gasteiger charge is 2.08. The van der Waals surface area contributed by atoms with Gasteiger partial charge in [0.15, 0.2) is 0 Å². The number of rotatable bonds is 5. The van der Waals surface area contributed by atoms with Crippen molar-refractivity contribution in [2.24, 2.45) is 0 Å². The Bertz CT molecular complexity index is 657. The zero-order valence-corrected chi connectivity index (χ0v) is 12.6. The van der Waals surface area contributed by atoms with E-state index in [-0.39, 0.29) is 0 Å². The van der Waals surface area contributed by atoms with Crippen LogP contribution in [0.1, 0.15) is 23.7 Å². The Labute approximate surface area is 129 Å². The fourth-order valence-corrected chi connectivity index (χ4v) is 3.14. The van der Waals surface area contributed by atoms with Gasteiger partial charge in [-0.15, -0.1) is 0 Å². The number of aliphatic hydroxyl groups excluding tert-OH is 1. The molecule has 1 aromatic heterocycles. The van der Waals surface area contributed by atoms with Crippen molar-refractivity contribution >= 4 is 11.3 Å². The van der Waals surface area contributed by atoms with E-state index in [1.807, 2.05) is 30.3 Å². The number of hydrogen-bond acceptors (Lipinski definition) is 2. The van der Waals surface area contributed by atoms with E-state index in [0.717, 1.165) is 18.4 Å². The lowest BCUT2D eigenvalue weighted by molar-refractivity contribution is 0.168. The lowest BCUT2D eigenvalue weighted by Gasteiger charge is -2.11. The van der Waals surface area contributed by atoms with Crippen molar-refractivity contribution in [3.05, 3.63) is 82.6 Å². The molecule has 3 aromatic rings. The normalized spacial score (nSPS) is 12.2. The first-order valence-corrected chi connectivity index (χ1v) is 8.12. The Balaban J connectivity index is 1.66. The Morgan fingerprint density at radius 2 is 1.57 bits per heavy atom. The average molecular weight is 294 g/mol. The van der Waals surface area contributed by atoms with Crippen LogP contribution < -0.4 is 0 Å². The van der Waals surface area contributed by atoms with Crippen LogP contribution in [0.3, 0.4) is 0 Å². The second-order valence-corrected chi connectivity index (χ2v) is 5.95. The van der Waals surface area contributed by atoms with Crippen molar-refractivity contribution in [3.8, 4) is 11.1 Å². The molecule has 0 bridgehead atoms. The summed E-state index contributed by atoms with van der Waals surface area (Å²) in [6.07, 6.45) is 1.29. The van der Waals surface area contributed by atoms with E-state index in [2.05, 4.69) is 41.1 Å². The van der Waals surface area contributed by atoms with Crippen LogP contribution in [0.2, 0.25) is 0 Å². The molecule has 0 radical (unpaired) electrons. The molecule has 1 nitrogen and oxygen atoms in total. The zero-order valence-electron chi connectivity index (χ0n) is 11.8. The summed E-state index contributed by atoms with van der Waals surface area (Å²) in [7, 11) is 0. The third kappa shape index (κ3) is 3.60. The first kappa shape index (κ1) is 14.1. The standard InChI is InChI=1S/C19H18OS/c20-19(11-6-15-12-13-21-14-15)18-9-7-17(8-10-18)16-4-2-1-3-5-16/h1-5,7-10,12-14,19-20H,6,11H2. The molecule has 1 atom stereocenters. The summed E-state index contributed by atoms with van der Waals surface area (Å²) in [5.74, 6) is 0. The third-order valence-electron chi connectivity index (χ3n) is 3.69.